The second-order valence-electron chi connectivity index (χ2n) is 6.02. The molecule has 0 aliphatic heterocycles. The van der Waals surface area contributed by atoms with E-state index in [0.717, 1.165) is 18.4 Å². The van der Waals surface area contributed by atoms with E-state index in [-0.39, 0.29) is 11.5 Å². The number of carbonyl (C=O) groups is 2. The molecule has 1 aliphatic carbocycles. The zero-order valence-corrected chi connectivity index (χ0v) is 13.1. The molecule has 0 aromatic heterocycles. The fourth-order valence-electron chi connectivity index (χ4n) is 3.06. The normalized spacial score (nSPS) is 12.7. The van der Waals surface area contributed by atoms with Gasteiger partial charge in [-0.2, -0.15) is 0 Å². The van der Waals surface area contributed by atoms with Crippen molar-refractivity contribution in [1.82, 2.24) is 0 Å². The summed E-state index contributed by atoms with van der Waals surface area (Å²) in [4.78, 5) is 23.3. The highest BCUT2D eigenvalue weighted by atomic mass is 16.4. The molecule has 0 heterocycles. The van der Waals surface area contributed by atoms with Gasteiger partial charge in [0.1, 0.15) is 0 Å². The van der Waals surface area contributed by atoms with Crippen molar-refractivity contribution in [2.24, 2.45) is 0 Å². The number of nitrogens with one attached hydrogen (secondary N) is 1. The third-order valence-electron chi connectivity index (χ3n) is 4.28. The summed E-state index contributed by atoms with van der Waals surface area (Å²) in [7, 11) is 0. The van der Waals surface area contributed by atoms with Gasteiger partial charge in [-0.3, -0.25) is 4.79 Å². The van der Waals surface area contributed by atoms with Crippen LogP contribution in [0.1, 0.15) is 39.0 Å². The van der Waals surface area contributed by atoms with E-state index in [1.165, 1.54) is 23.6 Å². The van der Waals surface area contributed by atoms with Crippen LogP contribution in [0.5, 0.6) is 0 Å². The van der Waals surface area contributed by atoms with Gasteiger partial charge >= 0.3 is 5.97 Å². The number of aromatic carboxylic acids is 1. The molecule has 23 heavy (non-hydrogen) atoms. The van der Waals surface area contributed by atoms with Crippen molar-refractivity contribution in [3.63, 3.8) is 0 Å². The van der Waals surface area contributed by atoms with Crippen molar-refractivity contribution in [3.8, 4) is 0 Å². The summed E-state index contributed by atoms with van der Waals surface area (Å²) in [6.45, 7) is 1.74. The molecule has 0 saturated carbocycles. The van der Waals surface area contributed by atoms with Crippen LogP contribution in [0, 0.1) is 6.92 Å². The van der Waals surface area contributed by atoms with Gasteiger partial charge in [0.05, 0.1) is 12.0 Å². The van der Waals surface area contributed by atoms with Crippen LogP contribution in [0.15, 0.2) is 36.4 Å². The Kier molecular flexibility index (Phi) is 4.15. The predicted octanol–water partition coefficient (Wildman–Crippen LogP) is 3.36. The number of amides is 1. The Balaban J connectivity index is 1.70. The van der Waals surface area contributed by atoms with E-state index in [2.05, 4.69) is 17.4 Å². The van der Waals surface area contributed by atoms with Crippen LogP contribution in [0.2, 0.25) is 0 Å². The molecule has 2 N–H and O–H groups in total. The molecule has 0 atom stereocenters. The average molecular weight is 309 g/mol. The number of anilines is 1. The molecule has 1 aliphatic rings. The molecule has 0 bridgehead atoms. The molecule has 4 heteroatoms. The van der Waals surface area contributed by atoms with Crippen molar-refractivity contribution in [3.05, 3.63) is 64.2 Å². The van der Waals surface area contributed by atoms with Crippen molar-refractivity contribution < 1.29 is 14.7 Å². The standard InChI is InChI=1S/C19H19NO3/c1-12-5-8-16(11-17(12)19(22)23)20-18(21)10-13-6-7-14-3-2-4-15(14)9-13/h5-9,11H,2-4,10H2,1H3,(H,20,21)(H,22,23). The SMILES string of the molecule is Cc1ccc(NC(=O)Cc2ccc3c(c2)CCC3)cc1C(=O)O. The second kappa shape index (κ2) is 6.24. The van der Waals surface area contributed by atoms with E-state index in [9.17, 15) is 9.59 Å². The lowest BCUT2D eigenvalue weighted by molar-refractivity contribution is -0.115. The predicted molar refractivity (Wildman–Crippen MR) is 88.9 cm³/mol. The Labute approximate surface area is 135 Å². The number of carbonyl (C=O) groups excluding carboxylic acids is 1. The number of benzene rings is 2. The van der Waals surface area contributed by atoms with Gasteiger partial charge in [-0.05, 0) is 60.6 Å². The van der Waals surface area contributed by atoms with Crippen LogP contribution in [-0.2, 0) is 24.1 Å². The lowest BCUT2D eigenvalue weighted by atomic mass is 10.0. The second-order valence-corrected chi connectivity index (χ2v) is 6.02. The van der Waals surface area contributed by atoms with E-state index in [4.69, 9.17) is 5.11 Å². The number of rotatable bonds is 4. The number of carboxylic acids is 1. The first-order valence-electron chi connectivity index (χ1n) is 7.77. The van der Waals surface area contributed by atoms with Gasteiger partial charge in [0.25, 0.3) is 0 Å². The van der Waals surface area contributed by atoms with Crippen LogP contribution in [0.3, 0.4) is 0 Å². The first-order chi connectivity index (χ1) is 11.0. The molecule has 0 unspecified atom stereocenters. The highest BCUT2D eigenvalue weighted by Crippen LogP contribution is 2.23. The lowest BCUT2D eigenvalue weighted by Crippen LogP contribution is -2.15. The monoisotopic (exact) mass is 309 g/mol. The lowest BCUT2D eigenvalue weighted by Gasteiger charge is -2.09. The van der Waals surface area contributed by atoms with Gasteiger partial charge in [-0.1, -0.05) is 24.3 Å². The fraction of sp³-hybridized carbons (Fsp3) is 0.263. The summed E-state index contributed by atoms with van der Waals surface area (Å²) in [5.41, 5.74) is 5.12. The molecule has 2 aromatic rings. The van der Waals surface area contributed by atoms with Crippen molar-refractivity contribution in [2.45, 2.75) is 32.6 Å². The van der Waals surface area contributed by atoms with Crippen molar-refractivity contribution >= 4 is 17.6 Å². The summed E-state index contributed by atoms with van der Waals surface area (Å²) in [6, 6.07) is 11.1. The third-order valence-corrected chi connectivity index (χ3v) is 4.28. The first-order valence-corrected chi connectivity index (χ1v) is 7.77. The minimum Gasteiger partial charge on any atom is -0.478 e. The van der Waals surface area contributed by atoms with Crippen molar-refractivity contribution in [1.29, 1.82) is 0 Å². The summed E-state index contributed by atoms with van der Waals surface area (Å²) in [6.07, 6.45) is 3.70. The van der Waals surface area contributed by atoms with Gasteiger partial charge < -0.3 is 10.4 Å². The zero-order chi connectivity index (χ0) is 16.4. The van der Waals surface area contributed by atoms with Crippen molar-refractivity contribution in [2.75, 3.05) is 5.32 Å². The highest BCUT2D eigenvalue weighted by molar-refractivity contribution is 5.95. The van der Waals surface area contributed by atoms with E-state index in [1.54, 1.807) is 19.1 Å². The average Bonchev–Trinajstić information content (AvgIpc) is 2.96. The number of hydrogen-bond donors (Lipinski definition) is 2. The summed E-state index contributed by atoms with van der Waals surface area (Å²) < 4.78 is 0. The van der Waals surface area contributed by atoms with Gasteiger partial charge in [0.2, 0.25) is 5.91 Å². The molecule has 1 amide bonds. The number of hydrogen-bond acceptors (Lipinski definition) is 2. The van der Waals surface area contributed by atoms with Crippen LogP contribution in [0.4, 0.5) is 5.69 Å². The van der Waals surface area contributed by atoms with Gasteiger partial charge in [-0.25, -0.2) is 4.79 Å². The summed E-state index contributed by atoms with van der Waals surface area (Å²) in [5.74, 6) is -1.12. The maximum atomic E-state index is 12.2. The number of aryl methyl sites for hydroxylation is 3. The number of fused-ring (bicyclic) bond motifs is 1. The van der Waals surface area contributed by atoms with Gasteiger partial charge in [-0.15, -0.1) is 0 Å². The molecular weight excluding hydrogens is 290 g/mol. The van der Waals surface area contributed by atoms with Crippen LogP contribution in [0.25, 0.3) is 0 Å². The first kappa shape index (κ1) is 15.3. The Morgan fingerprint density at radius 1 is 1.09 bits per heavy atom. The summed E-state index contributed by atoms with van der Waals surface area (Å²) >= 11 is 0. The molecule has 3 rings (SSSR count). The number of carboxylic acid groups (broad SMARTS) is 1. The molecule has 4 nitrogen and oxygen atoms in total. The maximum Gasteiger partial charge on any atom is 0.336 e. The largest absolute Gasteiger partial charge is 0.478 e. The quantitative estimate of drug-likeness (QED) is 0.910. The van der Waals surface area contributed by atoms with Gasteiger partial charge in [0, 0.05) is 5.69 Å². The maximum absolute atomic E-state index is 12.2. The van der Waals surface area contributed by atoms with E-state index < -0.39 is 5.97 Å². The Hall–Kier alpha value is -2.62. The Morgan fingerprint density at radius 3 is 2.65 bits per heavy atom. The van der Waals surface area contributed by atoms with E-state index in [0.29, 0.717) is 17.7 Å². The molecule has 0 fully saturated rings. The topological polar surface area (TPSA) is 66.4 Å². The Bertz CT molecular complexity index is 780. The minimum absolute atomic E-state index is 0.136. The molecule has 118 valence electrons. The zero-order valence-electron chi connectivity index (χ0n) is 13.1. The van der Waals surface area contributed by atoms with E-state index >= 15 is 0 Å². The third kappa shape index (κ3) is 3.42. The summed E-state index contributed by atoms with van der Waals surface area (Å²) in [5, 5.41) is 11.9. The van der Waals surface area contributed by atoms with Gasteiger partial charge in [0.15, 0.2) is 0 Å². The molecule has 0 spiro atoms. The molecule has 0 radical (unpaired) electrons. The molecule has 2 aromatic carbocycles. The van der Waals surface area contributed by atoms with E-state index in [1.807, 2.05) is 6.07 Å². The Morgan fingerprint density at radius 2 is 1.87 bits per heavy atom. The van der Waals surface area contributed by atoms with Crippen LogP contribution < -0.4 is 5.32 Å². The van der Waals surface area contributed by atoms with Crippen LogP contribution in [-0.4, -0.2) is 17.0 Å². The molecule has 0 saturated heterocycles. The fourth-order valence-corrected chi connectivity index (χ4v) is 3.06. The highest BCUT2D eigenvalue weighted by Gasteiger charge is 2.13. The smallest absolute Gasteiger partial charge is 0.336 e. The van der Waals surface area contributed by atoms with Crippen LogP contribution >= 0.6 is 0 Å². The minimum atomic E-state index is -0.989. The molecular formula is C19H19NO3.